The van der Waals surface area contributed by atoms with Crippen molar-refractivity contribution in [1.29, 1.82) is 0 Å². The Bertz CT molecular complexity index is 1040. The van der Waals surface area contributed by atoms with Crippen LogP contribution in [0.15, 0.2) is 23.4 Å². The zero-order chi connectivity index (χ0) is 22.4. The van der Waals surface area contributed by atoms with Crippen LogP contribution in [0, 0.1) is 0 Å². The molecule has 1 unspecified atom stereocenters. The van der Waals surface area contributed by atoms with Crippen molar-refractivity contribution >= 4 is 34.7 Å². The highest BCUT2D eigenvalue weighted by Crippen LogP contribution is 2.27. The Morgan fingerprint density at radius 2 is 2.13 bits per heavy atom. The summed E-state index contributed by atoms with van der Waals surface area (Å²) in [6, 6.07) is 3.30. The van der Waals surface area contributed by atoms with Gasteiger partial charge in [0.1, 0.15) is 5.25 Å². The van der Waals surface area contributed by atoms with Crippen molar-refractivity contribution in [3.63, 3.8) is 0 Å². The van der Waals surface area contributed by atoms with E-state index in [4.69, 9.17) is 15.6 Å². The van der Waals surface area contributed by atoms with Gasteiger partial charge >= 0.3 is 12.0 Å². The second-order valence-corrected chi connectivity index (χ2v) is 7.95. The number of nitrogen functional groups attached to an aromatic ring is 1. The maximum atomic E-state index is 11.2. The van der Waals surface area contributed by atoms with Gasteiger partial charge in [-0.15, -0.1) is 0 Å². The van der Waals surface area contributed by atoms with E-state index in [0.717, 1.165) is 30.2 Å². The average molecular weight is 449 g/mol. The summed E-state index contributed by atoms with van der Waals surface area (Å²) in [7, 11) is 0. The number of anilines is 1. The van der Waals surface area contributed by atoms with Gasteiger partial charge in [-0.25, -0.2) is 4.98 Å². The Morgan fingerprint density at radius 1 is 1.32 bits per heavy atom. The first kappa shape index (κ1) is 22.6. The third-order valence-corrected chi connectivity index (χ3v) is 5.58. The molecular formula is C19H24N6O5S. The number of carboxylic acids is 1. The average Bonchev–Trinajstić information content (AvgIpc) is 3.05. The summed E-state index contributed by atoms with van der Waals surface area (Å²) in [5.74, 6) is -0.895. The lowest BCUT2D eigenvalue weighted by molar-refractivity contribution is -0.136. The van der Waals surface area contributed by atoms with Gasteiger partial charge in [-0.05, 0) is 24.5 Å². The lowest BCUT2D eigenvalue weighted by Crippen LogP contribution is -2.17. The molecule has 3 aromatic rings. The van der Waals surface area contributed by atoms with Crippen molar-refractivity contribution in [1.82, 2.24) is 24.5 Å². The van der Waals surface area contributed by atoms with Gasteiger partial charge < -0.3 is 25.8 Å². The minimum absolute atomic E-state index is 0.110. The smallest absolute Gasteiger partial charge is 0.320 e. The number of pyridine rings is 1. The van der Waals surface area contributed by atoms with E-state index in [-0.39, 0.29) is 42.9 Å². The second-order valence-electron chi connectivity index (χ2n) is 6.73. The number of rotatable bonds is 11. The van der Waals surface area contributed by atoms with Gasteiger partial charge in [0, 0.05) is 12.8 Å². The van der Waals surface area contributed by atoms with Crippen molar-refractivity contribution in [2.45, 2.75) is 43.0 Å². The SMILES string of the molecule is CCCCOc1nc(N)c2nc(O)n(Cc3ccc(SC(CCO)C(=O)O)nc3)c2n1. The molecule has 12 heteroatoms. The number of aliphatic hydroxyl groups excluding tert-OH is 1. The predicted molar refractivity (Wildman–Crippen MR) is 114 cm³/mol. The summed E-state index contributed by atoms with van der Waals surface area (Å²) in [6.45, 7) is 2.49. The molecule has 3 aromatic heterocycles. The molecule has 0 aromatic carbocycles. The molecular weight excluding hydrogens is 424 g/mol. The highest BCUT2D eigenvalue weighted by atomic mass is 32.2. The van der Waals surface area contributed by atoms with Gasteiger partial charge in [0.25, 0.3) is 6.01 Å². The minimum atomic E-state index is -1.01. The fraction of sp³-hybridized carbons (Fsp3) is 0.421. The Morgan fingerprint density at radius 3 is 2.77 bits per heavy atom. The van der Waals surface area contributed by atoms with Crippen LogP contribution in [0.1, 0.15) is 31.7 Å². The number of imidazole rings is 1. The first-order chi connectivity index (χ1) is 14.9. The van der Waals surface area contributed by atoms with Crippen molar-refractivity contribution in [2.24, 2.45) is 0 Å². The van der Waals surface area contributed by atoms with Crippen molar-refractivity contribution in [3.05, 3.63) is 23.9 Å². The van der Waals surface area contributed by atoms with Crippen LogP contribution in [0.3, 0.4) is 0 Å². The maximum Gasteiger partial charge on any atom is 0.320 e. The largest absolute Gasteiger partial charge is 0.480 e. The number of fused-ring (bicyclic) bond motifs is 1. The second kappa shape index (κ2) is 10.3. The van der Waals surface area contributed by atoms with Gasteiger partial charge in [-0.3, -0.25) is 9.36 Å². The standard InChI is InChI=1S/C19H24N6O5S/c1-2-3-8-30-18-23-15(20)14-16(24-18)25(19(29)22-14)10-11-4-5-13(21-9-11)31-12(6-7-26)17(27)28/h4-5,9,12,26H,2-3,6-8,10H2,1H3,(H,22,29)(H,27,28)(H2,20,23,24). The molecule has 0 saturated carbocycles. The number of carbonyl (C=O) groups is 1. The van der Waals surface area contributed by atoms with Crippen LogP contribution in [-0.2, 0) is 11.3 Å². The Hall–Kier alpha value is -3.12. The number of aromatic hydroxyl groups is 1. The Balaban J connectivity index is 1.80. The van der Waals surface area contributed by atoms with Crippen LogP contribution in [0.5, 0.6) is 12.0 Å². The zero-order valence-electron chi connectivity index (χ0n) is 16.9. The molecule has 0 spiro atoms. The first-order valence-electron chi connectivity index (χ1n) is 9.73. The number of hydrogen-bond donors (Lipinski definition) is 4. The molecule has 0 amide bonds. The quantitative estimate of drug-likeness (QED) is 0.248. The lowest BCUT2D eigenvalue weighted by Gasteiger charge is -2.10. The summed E-state index contributed by atoms with van der Waals surface area (Å²) < 4.78 is 7.00. The Labute approximate surface area is 182 Å². The monoisotopic (exact) mass is 448 g/mol. The van der Waals surface area contributed by atoms with E-state index >= 15 is 0 Å². The number of thioether (sulfide) groups is 1. The van der Waals surface area contributed by atoms with Crippen LogP contribution in [0.4, 0.5) is 5.82 Å². The van der Waals surface area contributed by atoms with Gasteiger partial charge in [-0.2, -0.15) is 15.0 Å². The summed E-state index contributed by atoms with van der Waals surface area (Å²) in [5, 5.41) is 28.2. The fourth-order valence-electron chi connectivity index (χ4n) is 2.76. The van der Waals surface area contributed by atoms with E-state index in [0.29, 0.717) is 17.3 Å². The normalized spacial score (nSPS) is 12.2. The van der Waals surface area contributed by atoms with Crippen molar-refractivity contribution < 1.29 is 24.9 Å². The van der Waals surface area contributed by atoms with E-state index in [1.165, 1.54) is 4.57 Å². The van der Waals surface area contributed by atoms with Gasteiger partial charge in [0.05, 0.1) is 18.2 Å². The molecule has 3 rings (SSSR count). The lowest BCUT2D eigenvalue weighted by atomic mass is 10.3. The summed E-state index contributed by atoms with van der Waals surface area (Å²) in [6.07, 6.45) is 3.52. The van der Waals surface area contributed by atoms with Crippen molar-refractivity contribution in [2.75, 3.05) is 18.9 Å². The molecule has 0 saturated heterocycles. The Kier molecular flexibility index (Phi) is 7.47. The number of unbranched alkanes of at least 4 members (excludes halogenated alkanes) is 1. The molecule has 0 radical (unpaired) electrons. The molecule has 1 atom stereocenters. The molecule has 31 heavy (non-hydrogen) atoms. The number of carboxylic acid groups (broad SMARTS) is 1. The van der Waals surface area contributed by atoms with Crippen LogP contribution in [0.2, 0.25) is 0 Å². The molecule has 0 aliphatic carbocycles. The molecule has 166 valence electrons. The third-order valence-electron chi connectivity index (χ3n) is 4.38. The minimum Gasteiger partial charge on any atom is -0.480 e. The molecule has 0 aliphatic rings. The number of nitrogens with zero attached hydrogens (tertiary/aromatic N) is 5. The van der Waals surface area contributed by atoms with Crippen LogP contribution in [-0.4, -0.2) is 64.3 Å². The number of nitrogens with two attached hydrogens (primary N) is 1. The highest BCUT2D eigenvalue weighted by Gasteiger charge is 2.20. The number of aliphatic carboxylic acids is 1. The third kappa shape index (κ3) is 5.52. The molecule has 5 N–H and O–H groups in total. The fourth-order valence-corrected chi connectivity index (χ4v) is 3.64. The summed E-state index contributed by atoms with van der Waals surface area (Å²) in [5.41, 5.74) is 7.30. The van der Waals surface area contributed by atoms with E-state index in [9.17, 15) is 15.0 Å². The topological polar surface area (TPSA) is 170 Å². The summed E-state index contributed by atoms with van der Waals surface area (Å²) in [4.78, 5) is 28.0. The van der Waals surface area contributed by atoms with E-state index in [1.807, 2.05) is 6.92 Å². The van der Waals surface area contributed by atoms with Crippen LogP contribution in [0.25, 0.3) is 11.2 Å². The number of hydrogen-bond acceptors (Lipinski definition) is 10. The van der Waals surface area contributed by atoms with E-state index in [1.54, 1.807) is 18.3 Å². The van der Waals surface area contributed by atoms with Crippen LogP contribution < -0.4 is 10.5 Å². The van der Waals surface area contributed by atoms with Crippen LogP contribution >= 0.6 is 11.8 Å². The molecule has 0 bridgehead atoms. The molecule has 11 nitrogen and oxygen atoms in total. The van der Waals surface area contributed by atoms with Gasteiger partial charge in [0.15, 0.2) is 17.0 Å². The van der Waals surface area contributed by atoms with Crippen molar-refractivity contribution in [3.8, 4) is 12.0 Å². The predicted octanol–water partition coefficient (Wildman–Crippen LogP) is 1.66. The van der Waals surface area contributed by atoms with E-state index < -0.39 is 11.2 Å². The molecule has 0 aliphatic heterocycles. The molecule has 3 heterocycles. The summed E-state index contributed by atoms with van der Waals surface area (Å²) >= 11 is 1.06. The first-order valence-corrected chi connectivity index (χ1v) is 10.6. The number of aliphatic hydroxyl groups is 1. The van der Waals surface area contributed by atoms with Gasteiger partial charge in [0.2, 0.25) is 0 Å². The number of aromatic nitrogens is 5. The van der Waals surface area contributed by atoms with Gasteiger partial charge in [-0.1, -0.05) is 31.2 Å². The zero-order valence-corrected chi connectivity index (χ0v) is 17.7. The van der Waals surface area contributed by atoms with E-state index in [2.05, 4.69) is 19.9 Å². The highest BCUT2D eigenvalue weighted by molar-refractivity contribution is 8.00. The molecule has 0 fully saturated rings. The maximum absolute atomic E-state index is 11.2. The number of ether oxygens (including phenoxy) is 1.